The molecule has 1 aromatic rings. The number of halogens is 2. The maximum absolute atomic E-state index is 4.89. The predicted molar refractivity (Wildman–Crippen MR) is 41.7 cm³/mol. The van der Waals surface area contributed by atoms with Crippen LogP contribution in [0.2, 0.25) is 0 Å². The second-order valence-corrected chi connectivity index (χ2v) is 1.53. The van der Waals surface area contributed by atoms with Crippen LogP contribution < -0.4 is 38.7 Å². The minimum atomic E-state index is 0. The molecule has 0 heterocycles. The molecule has 0 fully saturated rings. The van der Waals surface area contributed by atoms with Crippen LogP contribution in [-0.2, 0) is 0 Å². The smallest absolute Gasteiger partial charge is 1.00 e. The fraction of sp³-hybridized carbons (Fsp3) is 0. The van der Waals surface area contributed by atoms with Crippen molar-refractivity contribution in [1.29, 1.82) is 0 Å². The maximum Gasteiger partial charge on any atom is 2.00 e. The van der Waals surface area contributed by atoms with E-state index in [1.54, 1.807) is 12.1 Å². The number of rotatable bonds is 1. The van der Waals surface area contributed by atoms with Gasteiger partial charge in [0.15, 0.2) is 0 Å². The summed E-state index contributed by atoms with van der Waals surface area (Å²) in [4.78, 5) is 0. The van der Waals surface area contributed by atoms with Gasteiger partial charge in [0.1, 0.15) is 11.9 Å². The van der Waals surface area contributed by atoms with Crippen LogP contribution in [0.25, 0.3) is 0 Å². The van der Waals surface area contributed by atoms with Gasteiger partial charge in [-0.2, -0.15) is 0 Å². The van der Waals surface area contributed by atoms with E-state index in [2.05, 4.69) is 6.11 Å². The Morgan fingerprint density at radius 3 is 2.00 bits per heavy atom. The number of benzene rings is 1. The molecule has 0 aliphatic heterocycles. The summed E-state index contributed by atoms with van der Waals surface area (Å²) in [5, 5.41) is 0. The van der Waals surface area contributed by atoms with Crippen LogP contribution in [0.15, 0.2) is 30.3 Å². The van der Waals surface area contributed by atoms with Crippen LogP contribution in [0.1, 0.15) is 0 Å². The van der Waals surface area contributed by atoms with Gasteiger partial charge < -0.3 is 38.7 Å². The molecule has 0 spiro atoms. The van der Waals surface area contributed by atoms with Crippen molar-refractivity contribution in [3.05, 3.63) is 30.3 Å². The summed E-state index contributed by atoms with van der Waals surface area (Å²) in [7, 11) is 0. The number of ether oxygens (including phenoxy) is 1. The van der Waals surface area contributed by atoms with E-state index >= 15 is 0 Å². The van der Waals surface area contributed by atoms with Crippen LogP contribution in [0.3, 0.4) is 0 Å². The molecule has 1 rings (SSSR count). The van der Waals surface area contributed by atoms with E-state index in [1.165, 1.54) is 0 Å². The molecule has 0 unspecified atom stereocenters. The molecule has 0 amide bonds. The van der Waals surface area contributed by atoms with Gasteiger partial charge >= 0.3 is 23.1 Å². The van der Waals surface area contributed by atoms with E-state index in [0.717, 1.165) is 0 Å². The van der Waals surface area contributed by atoms with Gasteiger partial charge in [-0.15, -0.1) is 0 Å². The molecule has 12 heavy (non-hydrogen) atoms. The van der Waals surface area contributed by atoms with Crippen molar-refractivity contribution in [3.63, 3.8) is 0 Å². The molecule has 0 bridgehead atoms. The Kier molecular flexibility index (Phi) is 17.1. The van der Waals surface area contributed by atoms with Crippen molar-refractivity contribution in [3.8, 4) is 18.3 Å². The first-order valence-corrected chi connectivity index (χ1v) is 2.61. The van der Waals surface area contributed by atoms with Gasteiger partial charge in [0, 0.05) is 0 Å². The van der Waals surface area contributed by atoms with E-state index < -0.39 is 0 Å². The summed E-state index contributed by atoms with van der Waals surface area (Å²) < 4.78 is 4.73. The van der Waals surface area contributed by atoms with E-state index in [9.17, 15) is 0 Å². The maximum atomic E-state index is 4.89. The van der Waals surface area contributed by atoms with Gasteiger partial charge in [-0.3, -0.25) is 0 Å². The average Bonchev–Trinajstić information content (AvgIpc) is 1.91. The molecule has 0 aliphatic rings. The number of hydrogen-bond acceptors (Lipinski definition) is 1. The third-order valence-corrected chi connectivity index (χ3v) is 0.920. The Bertz CT molecular complexity index is 220. The van der Waals surface area contributed by atoms with Crippen molar-refractivity contribution in [2.24, 2.45) is 0 Å². The second kappa shape index (κ2) is 11.3. The number of terminal acetylenes is 1. The number of para-hydroxylation sites is 1. The molecule has 0 atom stereocenters. The van der Waals surface area contributed by atoms with E-state index in [1.807, 2.05) is 18.2 Å². The summed E-state index contributed by atoms with van der Waals surface area (Å²) in [5.74, 6) is 0.708. The van der Waals surface area contributed by atoms with Gasteiger partial charge in [0.2, 0.25) is 0 Å². The average molecular weight is 302 g/mol. The molecular formula is C8H6Br2MgO. The van der Waals surface area contributed by atoms with Crippen molar-refractivity contribution >= 4 is 23.1 Å². The van der Waals surface area contributed by atoms with Crippen molar-refractivity contribution < 1.29 is 38.7 Å². The van der Waals surface area contributed by atoms with Crippen LogP contribution in [0.5, 0.6) is 5.75 Å². The summed E-state index contributed by atoms with van der Waals surface area (Å²) in [6, 6.07) is 9.25. The van der Waals surface area contributed by atoms with Crippen LogP contribution >= 0.6 is 0 Å². The molecule has 1 nitrogen and oxygen atoms in total. The molecular weight excluding hydrogens is 296 g/mol. The zero-order chi connectivity index (χ0) is 6.53. The van der Waals surface area contributed by atoms with E-state index in [-0.39, 0.29) is 57.0 Å². The SMILES string of the molecule is C#COc1ccccc1.[Br-].[Br-].[Mg+2]. The molecule has 4 heteroatoms. The first kappa shape index (κ1) is 18.2. The largest absolute Gasteiger partial charge is 2.00 e. The monoisotopic (exact) mass is 300 g/mol. The summed E-state index contributed by atoms with van der Waals surface area (Å²) in [5.41, 5.74) is 0. The Labute approximate surface area is 110 Å². The number of hydrogen-bond donors (Lipinski definition) is 0. The summed E-state index contributed by atoms with van der Waals surface area (Å²) in [6.07, 6.45) is 6.97. The summed E-state index contributed by atoms with van der Waals surface area (Å²) in [6.45, 7) is 0. The molecule has 0 aromatic heterocycles. The zero-order valence-electron chi connectivity index (χ0n) is 6.34. The molecule has 0 aliphatic carbocycles. The molecule has 0 N–H and O–H groups in total. The fourth-order valence-electron chi connectivity index (χ4n) is 0.557. The van der Waals surface area contributed by atoms with Gasteiger partial charge in [-0.05, 0) is 12.1 Å². The van der Waals surface area contributed by atoms with Gasteiger partial charge in [0.25, 0.3) is 0 Å². The van der Waals surface area contributed by atoms with Crippen molar-refractivity contribution in [1.82, 2.24) is 0 Å². The van der Waals surface area contributed by atoms with Gasteiger partial charge in [0.05, 0.1) is 0 Å². The Hall–Kier alpha value is 0.306. The van der Waals surface area contributed by atoms with Crippen molar-refractivity contribution in [2.45, 2.75) is 0 Å². The fourth-order valence-corrected chi connectivity index (χ4v) is 0.557. The Morgan fingerprint density at radius 2 is 1.58 bits per heavy atom. The minimum absolute atomic E-state index is 0. The quantitative estimate of drug-likeness (QED) is 0.374. The van der Waals surface area contributed by atoms with Gasteiger partial charge in [-0.1, -0.05) is 24.6 Å². The third-order valence-electron chi connectivity index (χ3n) is 0.920. The third kappa shape index (κ3) is 6.98. The molecule has 0 saturated heterocycles. The first-order valence-electron chi connectivity index (χ1n) is 2.61. The van der Waals surface area contributed by atoms with E-state index in [4.69, 9.17) is 11.2 Å². The Balaban J connectivity index is -0.000000270. The van der Waals surface area contributed by atoms with Crippen LogP contribution in [-0.4, -0.2) is 23.1 Å². The summed E-state index contributed by atoms with van der Waals surface area (Å²) >= 11 is 0. The molecule has 1 aromatic carbocycles. The normalized spacial score (nSPS) is 5.92. The molecule has 60 valence electrons. The van der Waals surface area contributed by atoms with Crippen LogP contribution in [0, 0.1) is 12.5 Å². The second-order valence-electron chi connectivity index (χ2n) is 1.53. The van der Waals surface area contributed by atoms with E-state index in [0.29, 0.717) is 5.75 Å². The minimum Gasteiger partial charge on any atom is -1.00 e. The zero-order valence-corrected chi connectivity index (χ0v) is 10.9. The van der Waals surface area contributed by atoms with Crippen molar-refractivity contribution in [2.75, 3.05) is 0 Å². The standard InChI is InChI=1S/C8H6O.2BrH.Mg/c1-2-9-8-6-4-3-5-7-8;;;/h1,3-7H;2*1H;/q;;;+2/p-2. The Morgan fingerprint density at radius 1 is 1.08 bits per heavy atom. The molecule has 0 radical (unpaired) electrons. The van der Waals surface area contributed by atoms with Gasteiger partial charge in [-0.25, -0.2) is 0 Å². The molecule has 0 saturated carbocycles. The predicted octanol–water partition coefficient (Wildman–Crippen LogP) is -4.72. The first-order chi connectivity index (χ1) is 4.43. The topological polar surface area (TPSA) is 9.23 Å². The van der Waals surface area contributed by atoms with Crippen LogP contribution in [0.4, 0.5) is 0 Å².